The van der Waals surface area contributed by atoms with Crippen molar-refractivity contribution >= 4 is 18.6 Å². The molecule has 1 atom stereocenters. The smallest absolute Gasteiger partial charge is 0.389 e. The zero-order valence-corrected chi connectivity index (χ0v) is 6.56. The van der Waals surface area contributed by atoms with Gasteiger partial charge in [0.1, 0.15) is 6.04 Å². The highest BCUT2D eigenvalue weighted by Gasteiger charge is 2.17. The Morgan fingerprint density at radius 2 is 2.18 bits per heavy atom. The van der Waals surface area contributed by atoms with Crippen LogP contribution in [-0.4, -0.2) is 24.4 Å². The SMILES string of the molecule is N[C@@H](CCS)C(=O)OC(F)F. The summed E-state index contributed by atoms with van der Waals surface area (Å²) in [5, 5.41) is 0. The van der Waals surface area contributed by atoms with Crippen molar-refractivity contribution < 1.29 is 18.3 Å². The van der Waals surface area contributed by atoms with Crippen LogP contribution in [0.15, 0.2) is 0 Å². The summed E-state index contributed by atoms with van der Waals surface area (Å²) in [4.78, 5) is 10.5. The minimum atomic E-state index is -3.09. The fourth-order valence-corrected chi connectivity index (χ4v) is 0.710. The van der Waals surface area contributed by atoms with E-state index in [1.807, 2.05) is 0 Å². The molecule has 66 valence electrons. The molecule has 11 heavy (non-hydrogen) atoms. The summed E-state index contributed by atoms with van der Waals surface area (Å²) in [6.07, 6.45) is 0.231. The number of alkyl halides is 2. The highest BCUT2D eigenvalue weighted by atomic mass is 32.1. The first-order valence-corrected chi connectivity index (χ1v) is 3.56. The van der Waals surface area contributed by atoms with Crippen molar-refractivity contribution in [2.75, 3.05) is 5.75 Å². The van der Waals surface area contributed by atoms with Gasteiger partial charge >= 0.3 is 12.6 Å². The van der Waals surface area contributed by atoms with Crippen LogP contribution in [0.2, 0.25) is 0 Å². The second-order valence-corrected chi connectivity index (χ2v) is 2.26. The number of thiol groups is 1. The molecule has 0 amide bonds. The Kier molecular flexibility index (Phi) is 5.14. The van der Waals surface area contributed by atoms with Crippen LogP contribution in [0.25, 0.3) is 0 Å². The second kappa shape index (κ2) is 5.31. The molecule has 6 heteroatoms. The third-order valence-corrected chi connectivity index (χ3v) is 1.21. The van der Waals surface area contributed by atoms with Gasteiger partial charge in [-0.15, -0.1) is 0 Å². The Labute approximate surface area is 68.3 Å². The van der Waals surface area contributed by atoms with E-state index in [-0.39, 0.29) is 6.42 Å². The van der Waals surface area contributed by atoms with Crippen molar-refractivity contribution in [2.45, 2.75) is 19.1 Å². The van der Waals surface area contributed by atoms with E-state index in [1.54, 1.807) is 0 Å². The number of hydrogen-bond donors (Lipinski definition) is 2. The fourth-order valence-electron chi connectivity index (χ4n) is 0.432. The standard InChI is InChI=1S/C5H9F2NO2S/c6-5(7)10-4(9)3(8)1-2-11/h3,5,11H,1-2,8H2/t3-/m0/s1. The van der Waals surface area contributed by atoms with E-state index < -0.39 is 18.6 Å². The highest BCUT2D eigenvalue weighted by molar-refractivity contribution is 7.80. The number of carbonyl (C=O) groups is 1. The number of halogens is 2. The zero-order valence-electron chi connectivity index (χ0n) is 5.67. The van der Waals surface area contributed by atoms with Crippen LogP contribution >= 0.6 is 12.6 Å². The molecule has 0 unspecified atom stereocenters. The monoisotopic (exact) mass is 185 g/mol. The lowest BCUT2D eigenvalue weighted by molar-refractivity contribution is -0.177. The van der Waals surface area contributed by atoms with Gasteiger partial charge in [-0.1, -0.05) is 0 Å². The third kappa shape index (κ3) is 4.97. The van der Waals surface area contributed by atoms with Crippen molar-refractivity contribution in [1.29, 1.82) is 0 Å². The molecule has 2 N–H and O–H groups in total. The van der Waals surface area contributed by atoms with Crippen molar-refractivity contribution in [2.24, 2.45) is 5.73 Å². The average Bonchev–Trinajstić information content (AvgIpc) is 1.86. The van der Waals surface area contributed by atoms with Crippen LogP contribution < -0.4 is 5.73 Å². The molecule has 0 saturated heterocycles. The van der Waals surface area contributed by atoms with Gasteiger partial charge in [0, 0.05) is 0 Å². The van der Waals surface area contributed by atoms with Gasteiger partial charge in [-0.2, -0.15) is 21.4 Å². The van der Waals surface area contributed by atoms with Crippen LogP contribution in [0.1, 0.15) is 6.42 Å². The first-order valence-electron chi connectivity index (χ1n) is 2.93. The molecule has 3 nitrogen and oxygen atoms in total. The number of nitrogens with two attached hydrogens (primary N) is 1. The van der Waals surface area contributed by atoms with Gasteiger partial charge in [0.05, 0.1) is 0 Å². The molecule has 0 spiro atoms. The predicted octanol–water partition coefficient (Wildman–Crippen LogP) is 0.399. The van der Waals surface area contributed by atoms with Crippen molar-refractivity contribution in [1.82, 2.24) is 0 Å². The van der Waals surface area contributed by atoms with E-state index in [0.717, 1.165) is 0 Å². The number of esters is 1. The van der Waals surface area contributed by atoms with E-state index >= 15 is 0 Å². The summed E-state index contributed by atoms with van der Waals surface area (Å²) in [6.45, 7) is -3.09. The van der Waals surface area contributed by atoms with E-state index in [9.17, 15) is 13.6 Å². The van der Waals surface area contributed by atoms with Crippen LogP contribution in [0.4, 0.5) is 8.78 Å². The number of hydrogen-bond acceptors (Lipinski definition) is 4. The fraction of sp³-hybridized carbons (Fsp3) is 0.800. The Morgan fingerprint density at radius 3 is 2.55 bits per heavy atom. The summed E-state index contributed by atoms with van der Waals surface area (Å²) >= 11 is 3.77. The third-order valence-electron chi connectivity index (χ3n) is 0.948. The van der Waals surface area contributed by atoms with E-state index in [0.29, 0.717) is 5.75 Å². The molecule has 0 aromatic heterocycles. The number of rotatable bonds is 4. The first kappa shape index (κ1) is 10.6. The lowest BCUT2D eigenvalue weighted by atomic mass is 10.2. The predicted molar refractivity (Wildman–Crippen MR) is 38.5 cm³/mol. The topological polar surface area (TPSA) is 52.3 Å². The molecule has 0 fully saturated rings. The maximum absolute atomic E-state index is 11.4. The van der Waals surface area contributed by atoms with Crippen LogP contribution in [0.5, 0.6) is 0 Å². The molecule has 0 aliphatic rings. The normalized spacial score (nSPS) is 13.2. The van der Waals surface area contributed by atoms with Gasteiger partial charge < -0.3 is 10.5 Å². The Hall–Kier alpha value is -0.360. The van der Waals surface area contributed by atoms with Crippen LogP contribution in [0, 0.1) is 0 Å². The molecule has 0 aromatic rings. The van der Waals surface area contributed by atoms with Gasteiger partial charge in [-0.3, -0.25) is 4.79 Å². The molecule has 0 aromatic carbocycles. The van der Waals surface area contributed by atoms with E-state index in [2.05, 4.69) is 17.4 Å². The Bertz CT molecular complexity index is 134. The van der Waals surface area contributed by atoms with Gasteiger partial charge in [0.2, 0.25) is 0 Å². The van der Waals surface area contributed by atoms with Crippen molar-refractivity contribution in [3.8, 4) is 0 Å². The summed E-state index contributed by atoms with van der Waals surface area (Å²) in [7, 11) is 0. The first-order chi connectivity index (χ1) is 5.07. The van der Waals surface area contributed by atoms with Gasteiger partial charge in [0.25, 0.3) is 0 Å². The minimum Gasteiger partial charge on any atom is -0.402 e. The maximum atomic E-state index is 11.4. The van der Waals surface area contributed by atoms with Crippen molar-refractivity contribution in [3.63, 3.8) is 0 Å². The maximum Gasteiger partial charge on any atom is 0.389 e. The summed E-state index contributed by atoms with van der Waals surface area (Å²) in [5.41, 5.74) is 5.12. The van der Waals surface area contributed by atoms with Gasteiger partial charge in [0.15, 0.2) is 0 Å². The largest absolute Gasteiger partial charge is 0.402 e. The molecular formula is C5H9F2NO2S. The molecule has 0 bridgehead atoms. The van der Waals surface area contributed by atoms with E-state index in [4.69, 9.17) is 5.73 Å². The zero-order chi connectivity index (χ0) is 8.85. The summed E-state index contributed by atoms with van der Waals surface area (Å²) in [5.74, 6) is -0.728. The summed E-state index contributed by atoms with van der Waals surface area (Å²) < 4.78 is 26.3. The minimum absolute atomic E-state index is 0.231. The molecule has 0 heterocycles. The molecule has 0 rings (SSSR count). The van der Waals surface area contributed by atoms with Crippen LogP contribution in [0.3, 0.4) is 0 Å². The molecule has 0 saturated carbocycles. The molecule has 0 aliphatic heterocycles. The average molecular weight is 185 g/mol. The number of ether oxygens (including phenoxy) is 1. The van der Waals surface area contributed by atoms with Gasteiger partial charge in [-0.05, 0) is 12.2 Å². The van der Waals surface area contributed by atoms with Gasteiger partial charge in [-0.25, -0.2) is 0 Å². The number of carbonyl (C=O) groups excluding carboxylic acids is 1. The summed E-state index contributed by atoms with van der Waals surface area (Å²) in [6, 6.07) is -0.999. The second-order valence-electron chi connectivity index (χ2n) is 1.82. The lowest BCUT2D eigenvalue weighted by Crippen LogP contribution is -2.33. The molecular weight excluding hydrogens is 176 g/mol. The Morgan fingerprint density at radius 1 is 1.64 bits per heavy atom. The van der Waals surface area contributed by atoms with E-state index in [1.165, 1.54) is 0 Å². The highest BCUT2D eigenvalue weighted by Crippen LogP contribution is 2.00. The molecule has 0 radical (unpaired) electrons. The van der Waals surface area contributed by atoms with Crippen molar-refractivity contribution in [3.05, 3.63) is 0 Å². The quantitative estimate of drug-likeness (QED) is 0.492. The lowest BCUT2D eigenvalue weighted by Gasteiger charge is -2.08. The Balaban J connectivity index is 3.64. The molecule has 0 aliphatic carbocycles. The van der Waals surface area contributed by atoms with Crippen LogP contribution in [-0.2, 0) is 9.53 Å².